The number of benzene rings is 2. The second-order valence-corrected chi connectivity index (χ2v) is 8.23. The van der Waals surface area contributed by atoms with Gasteiger partial charge in [0, 0.05) is 7.05 Å². The van der Waals surface area contributed by atoms with Crippen LogP contribution < -0.4 is 10.5 Å². The Labute approximate surface area is 166 Å². The number of hydrogen-bond acceptors (Lipinski definition) is 3. The number of halogens is 1. The molecular formula is C21H20FN3O2S. The van der Waals surface area contributed by atoms with Crippen molar-refractivity contribution in [3.8, 4) is 5.69 Å². The minimum atomic E-state index is -0.374. The molecule has 0 spiro atoms. The number of para-hydroxylation sites is 1. The lowest BCUT2D eigenvalue weighted by molar-refractivity contribution is -0.117. The third-order valence-electron chi connectivity index (χ3n) is 5.07. The molecule has 1 fully saturated rings. The Morgan fingerprint density at radius 2 is 1.64 bits per heavy atom. The van der Waals surface area contributed by atoms with Crippen molar-refractivity contribution in [1.29, 1.82) is 0 Å². The second-order valence-electron chi connectivity index (χ2n) is 6.80. The van der Waals surface area contributed by atoms with Gasteiger partial charge in [0.15, 0.2) is 0 Å². The summed E-state index contributed by atoms with van der Waals surface area (Å²) in [7, 11) is 1.80. The SMILES string of the molecule is Cc1c(N2C(=O)[C@H](C)S[C@@H]2c2ccc(F)cc2)c(=O)n(-c2ccccc2)n1C. The van der Waals surface area contributed by atoms with Crippen LogP contribution >= 0.6 is 11.8 Å². The zero-order valence-electron chi connectivity index (χ0n) is 15.8. The van der Waals surface area contributed by atoms with Gasteiger partial charge in [-0.2, -0.15) is 0 Å². The van der Waals surface area contributed by atoms with Crippen molar-refractivity contribution in [2.45, 2.75) is 24.5 Å². The zero-order valence-corrected chi connectivity index (χ0v) is 16.6. The van der Waals surface area contributed by atoms with E-state index in [2.05, 4.69) is 0 Å². The molecule has 0 saturated carbocycles. The molecule has 1 amide bonds. The monoisotopic (exact) mass is 397 g/mol. The van der Waals surface area contributed by atoms with E-state index in [1.165, 1.54) is 23.9 Å². The van der Waals surface area contributed by atoms with E-state index >= 15 is 0 Å². The number of hydrogen-bond donors (Lipinski definition) is 0. The summed E-state index contributed by atoms with van der Waals surface area (Å²) >= 11 is 1.46. The number of aromatic nitrogens is 2. The van der Waals surface area contributed by atoms with Crippen LogP contribution in [0.15, 0.2) is 59.4 Å². The van der Waals surface area contributed by atoms with Crippen molar-refractivity contribution < 1.29 is 9.18 Å². The van der Waals surface area contributed by atoms with Crippen molar-refractivity contribution in [2.24, 2.45) is 7.05 Å². The predicted molar refractivity (Wildman–Crippen MR) is 109 cm³/mol. The first kappa shape index (κ1) is 18.6. The average Bonchev–Trinajstić information content (AvgIpc) is 3.09. The van der Waals surface area contributed by atoms with Crippen molar-refractivity contribution in [3.05, 3.63) is 82.0 Å². The van der Waals surface area contributed by atoms with Gasteiger partial charge in [-0.1, -0.05) is 30.3 Å². The van der Waals surface area contributed by atoms with Crippen LogP contribution in [-0.2, 0) is 11.8 Å². The van der Waals surface area contributed by atoms with E-state index in [4.69, 9.17) is 0 Å². The maximum atomic E-state index is 13.4. The Morgan fingerprint density at radius 1 is 1.00 bits per heavy atom. The van der Waals surface area contributed by atoms with Gasteiger partial charge in [-0.15, -0.1) is 11.8 Å². The summed E-state index contributed by atoms with van der Waals surface area (Å²) in [4.78, 5) is 27.9. The molecule has 1 aromatic heterocycles. The van der Waals surface area contributed by atoms with Gasteiger partial charge in [0.25, 0.3) is 5.56 Å². The summed E-state index contributed by atoms with van der Waals surface area (Å²) in [6.45, 7) is 3.66. The highest BCUT2D eigenvalue weighted by atomic mass is 32.2. The van der Waals surface area contributed by atoms with Crippen LogP contribution in [0.2, 0.25) is 0 Å². The van der Waals surface area contributed by atoms with Gasteiger partial charge in [-0.3, -0.25) is 19.2 Å². The Hall–Kier alpha value is -2.80. The van der Waals surface area contributed by atoms with Gasteiger partial charge in [-0.25, -0.2) is 9.07 Å². The molecule has 1 aliphatic heterocycles. The first-order chi connectivity index (χ1) is 13.4. The Bertz CT molecular complexity index is 1090. The summed E-state index contributed by atoms with van der Waals surface area (Å²) in [6, 6.07) is 15.4. The van der Waals surface area contributed by atoms with Crippen LogP contribution in [0.4, 0.5) is 10.1 Å². The first-order valence-electron chi connectivity index (χ1n) is 8.98. The largest absolute Gasteiger partial charge is 0.295 e. The van der Waals surface area contributed by atoms with Gasteiger partial charge in [0.2, 0.25) is 5.91 Å². The van der Waals surface area contributed by atoms with Crippen LogP contribution in [0, 0.1) is 12.7 Å². The van der Waals surface area contributed by atoms with Crippen LogP contribution in [0.1, 0.15) is 23.6 Å². The molecule has 1 saturated heterocycles. The van der Waals surface area contributed by atoms with E-state index in [0.717, 1.165) is 11.3 Å². The fraction of sp³-hybridized carbons (Fsp3) is 0.238. The summed E-state index contributed by atoms with van der Waals surface area (Å²) in [6.07, 6.45) is 0. The third-order valence-corrected chi connectivity index (χ3v) is 6.42. The predicted octanol–water partition coefficient (Wildman–Crippen LogP) is 3.79. The van der Waals surface area contributed by atoms with Crippen LogP contribution in [-0.4, -0.2) is 20.5 Å². The lowest BCUT2D eigenvalue weighted by atomic mass is 10.2. The van der Waals surface area contributed by atoms with Crippen molar-refractivity contribution in [2.75, 3.05) is 4.90 Å². The molecule has 28 heavy (non-hydrogen) atoms. The number of carbonyl (C=O) groups excluding carboxylic acids is 1. The Morgan fingerprint density at radius 3 is 2.29 bits per heavy atom. The molecular weight excluding hydrogens is 377 g/mol. The van der Waals surface area contributed by atoms with E-state index in [1.54, 1.807) is 33.4 Å². The average molecular weight is 397 g/mol. The molecule has 2 heterocycles. The summed E-state index contributed by atoms with van der Waals surface area (Å²) in [5.74, 6) is -0.453. The van der Waals surface area contributed by atoms with Crippen LogP contribution in [0.5, 0.6) is 0 Å². The molecule has 7 heteroatoms. The van der Waals surface area contributed by atoms with Gasteiger partial charge < -0.3 is 0 Å². The smallest absolute Gasteiger partial charge is 0.288 e. The van der Waals surface area contributed by atoms with E-state index < -0.39 is 0 Å². The molecule has 0 bridgehead atoms. The molecule has 2 atom stereocenters. The van der Waals surface area contributed by atoms with E-state index in [1.807, 2.05) is 44.2 Å². The van der Waals surface area contributed by atoms with Crippen molar-refractivity contribution in [3.63, 3.8) is 0 Å². The van der Waals surface area contributed by atoms with Gasteiger partial charge in [0.05, 0.1) is 16.6 Å². The Kier molecular flexibility index (Phi) is 4.63. The molecule has 5 nitrogen and oxygen atoms in total. The van der Waals surface area contributed by atoms with Gasteiger partial charge in [0.1, 0.15) is 16.9 Å². The molecule has 0 unspecified atom stereocenters. The number of nitrogens with zero attached hydrogens (tertiary/aromatic N) is 3. The fourth-order valence-electron chi connectivity index (χ4n) is 3.54. The van der Waals surface area contributed by atoms with Crippen LogP contribution in [0.3, 0.4) is 0 Å². The number of amides is 1. The molecule has 144 valence electrons. The Balaban J connectivity index is 1.88. The lowest BCUT2D eigenvalue weighted by Gasteiger charge is -2.23. The standard InChI is InChI=1S/C21H20FN3O2S/c1-13-18(20(27)25(23(13)3)17-7-5-4-6-8-17)24-19(26)14(2)28-21(24)15-9-11-16(22)12-10-15/h4-12,14,21H,1-3H3/t14-,21+/m0/s1. The van der Waals surface area contributed by atoms with E-state index in [9.17, 15) is 14.0 Å². The van der Waals surface area contributed by atoms with E-state index in [0.29, 0.717) is 11.4 Å². The van der Waals surface area contributed by atoms with Crippen LogP contribution in [0.25, 0.3) is 5.69 Å². The zero-order chi connectivity index (χ0) is 20.0. The quantitative estimate of drug-likeness (QED) is 0.676. The maximum Gasteiger partial charge on any atom is 0.295 e. The minimum Gasteiger partial charge on any atom is -0.288 e. The molecule has 0 aliphatic carbocycles. The maximum absolute atomic E-state index is 13.4. The molecule has 0 N–H and O–H groups in total. The number of carbonyl (C=O) groups is 1. The highest BCUT2D eigenvalue weighted by Crippen LogP contribution is 2.45. The highest BCUT2D eigenvalue weighted by molar-refractivity contribution is 8.01. The molecule has 4 rings (SSSR count). The van der Waals surface area contributed by atoms with Crippen molar-refractivity contribution >= 4 is 23.4 Å². The summed E-state index contributed by atoms with van der Waals surface area (Å²) in [5, 5.41) is -0.666. The number of thioether (sulfide) groups is 1. The number of anilines is 1. The summed E-state index contributed by atoms with van der Waals surface area (Å²) < 4.78 is 16.7. The third kappa shape index (κ3) is 2.86. The fourth-order valence-corrected chi connectivity index (χ4v) is 4.80. The molecule has 0 radical (unpaired) electrons. The normalized spacial score (nSPS) is 19.4. The topological polar surface area (TPSA) is 47.2 Å². The highest BCUT2D eigenvalue weighted by Gasteiger charge is 2.42. The molecule has 3 aromatic rings. The van der Waals surface area contributed by atoms with Gasteiger partial charge in [-0.05, 0) is 43.7 Å². The number of rotatable bonds is 3. The summed E-state index contributed by atoms with van der Waals surface area (Å²) in [5.41, 5.74) is 2.33. The second kappa shape index (κ2) is 6.98. The molecule has 2 aromatic carbocycles. The van der Waals surface area contributed by atoms with Crippen molar-refractivity contribution in [1.82, 2.24) is 9.36 Å². The lowest BCUT2D eigenvalue weighted by Crippen LogP contribution is -2.34. The molecule has 1 aliphatic rings. The van der Waals surface area contributed by atoms with Gasteiger partial charge >= 0.3 is 0 Å². The minimum absolute atomic E-state index is 0.120. The first-order valence-corrected chi connectivity index (χ1v) is 9.92. The van der Waals surface area contributed by atoms with E-state index in [-0.39, 0.29) is 27.9 Å².